The maximum absolute atomic E-state index is 6.24. The average Bonchev–Trinajstić information content (AvgIpc) is 3.88. The second-order valence-electron chi connectivity index (χ2n) is 16.0. The van der Waals surface area contributed by atoms with E-state index in [0.717, 1.165) is 50.1 Å². The fourth-order valence-corrected chi connectivity index (χ4v) is 9.71. The van der Waals surface area contributed by atoms with Crippen molar-refractivity contribution in [3.8, 4) is 33.4 Å². The molecule has 0 fully saturated rings. The number of anilines is 5. The van der Waals surface area contributed by atoms with E-state index in [4.69, 9.17) is 4.42 Å². The Balaban J connectivity index is 0.944. The first kappa shape index (κ1) is 35.1. The van der Waals surface area contributed by atoms with Gasteiger partial charge >= 0.3 is 0 Å². The van der Waals surface area contributed by atoms with Crippen LogP contribution in [0.4, 0.5) is 28.4 Å². The van der Waals surface area contributed by atoms with E-state index in [-0.39, 0.29) is 6.04 Å². The van der Waals surface area contributed by atoms with Gasteiger partial charge in [0, 0.05) is 45.0 Å². The van der Waals surface area contributed by atoms with Crippen LogP contribution in [0.15, 0.2) is 235 Å². The van der Waals surface area contributed by atoms with Crippen molar-refractivity contribution in [1.29, 1.82) is 0 Å². The molecule has 2 unspecified atom stereocenters. The molecule has 0 spiro atoms. The summed E-state index contributed by atoms with van der Waals surface area (Å²) in [4.78, 5) is 4.89. The molecule has 1 aromatic heterocycles. The zero-order valence-electron chi connectivity index (χ0n) is 33.4. The monoisotopic (exact) mass is 780 g/mol. The third kappa shape index (κ3) is 5.97. The summed E-state index contributed by atoms with van der Waals surface area (Å²) in [5.74, 6) is 0.335. The highest BCUT2D eigenvalue weighted by Gasteiger charge is 2.37. The SMILES string of the molecule is C1=CC2c3ccccc3N(c3ccc(N(c4ccc(-c5ccc(-c6cccc7ccccc67)cc5)cc4)c4ccccc4-c4ccc5oc6ccccc6c5c4)cc3)C2C=C1. The molecule has 12 rings (SSSR count). The highest BCUT2D eigenvalue weighted by atomic mass is 16.3. The van der Waals surface area contributed by atoms with Gasteiger partial charge < -0.3 is 14.2 Å². The van der Waals surface area contributed by atoms with Crippen LogP contribution in [-0.4, -0.2) is 6.04 Å². The van der Waals surface area contributed by atoms with Crippen LogP contribution in [0, 0.1) is 0 Å². The zero-order chi connectivity index (χ0) is 40.3. The molecule has 0 radical (unpaired) electrons. The van der Waals surface area contributed by atoms with Crippen LogP contribution in [0.2, 0.25) is 0 Å². The number of hydrogen-bond donors (Lipinski definition) is 0. The van der Waals surface area contributed by atoms with Crippen LogP contribution in [0.1, 0.15) is 11.5 Å². The second-order valence-corrected chi connectivity index (χ2v) is 16.0. The minimum absolute atomic E-state index is 0.243. The highest BCUT2D eigenvalue weighted by molar-refractivity contribution is 6.07. The molecule has 0 N–H and O–H groups in total. The molecular weight excluding hydrogens is 741 g/mol. The summed E-state index contributed by atoms with van der Waals surface area (Å²) in [7, 11) is 0. The number of furan rings is 1. The van der Waals surface area contributed by atoms with Crippen LogP contribution in [0.25, 0.3) is 66.1 Å². The molecule has 0 saturated heterocycles. The van der Waals surface area contributed by atoms with Gasteiger partial charge in [-0.1, -0.05) is 164 Å². The van der Waals surface area contributed by atoms with Gasteiger partial charge in [-0.25, -0.2) is 0 Å². The van der Waals surface area contributed by atoms with Gasteiger partial charge in [-0.3, -0.25) is 0 Å². The topological polar surface area (TPSA) is 19.6 Å². The standard InChI is InChI=1S/C58H40N2O/c1-2-14-47-41(12-1)13-11-19-48(47)42-26-24-39(25-27-42)40-28-31-44(32-29-40)59(45-33-35-46(36-34-45)60-55-21-8-4-16-50(55)51-17-5-9-22-56(51)60)54-20-7-3-15-49(54)43-30-37-58-53(38-43)52-18-6-10-23-57(52)61-58/h1-38,50,55H. The molecule has 2 heterocycles. The highest BCUT2D eigenvalue weighted by Crippen LogP contribution is 2.49. The first-order valence-electron chi connectivity index (χ1n) is 21.1. The van der Waals surface area contributed by atoms with Gasteiger partial charge in [-0.2, -0.15) is 0 Å². The first-order valence-corrected chi connectivity index (χ1v) is 21.1. The van der Waals surface area contributed by atoms with Gasteiger partial charge in [0.15, 0.2) is 0 Å². The maximum atomic E-state index is 6.24. The molecule has 1 aliphatic carbocycles. The molecule has 0 amide bonds. The van der Waals surface area contributed by atoms with E-state index in [1.807, 2.05) is 12.1 Å². The van der Waals surface area contributed by atoms with Crippen molar-refractivity contribution in [2.75, 3.05) is 9.80 Å². The smallest absolute Gasteiger partial charge is 0.135 e. The number of rotatable bonds is 7. The Hall–Kier alpha value is -7.88. The molecule has 0 saturated carbocycles. The number of allylic oxidation sites excluding steroid dienone is 2. The van der Waals surface area contributed by atoms with Crippen LogP contribution < -0.4 is 9.80 Å². The molecule has 0 bridgehead atoms. The summed E-state index contributed by atoms with van der Waals surface area (Å²) >= 11 is 0. The Bertz CT molecular complexity index is 3310. The molecule has 2 atom stereocenters. The van der Waals surface area contributed by atoms with E-state index in [1.165, 1.54) is 50.0 Å². The Morgan fingerprint density at radius 1 is 0.426 bits per heavy atom. The lowest BCUT2D eigenvalue weighted by molar-refractivity contribution is 0.669. The summed E-state index contributed by atoms with van der Waals surface area (Å²) in [5, 5.41) is 4.76. The van der Waals surface area contributed by atoms with Crippen molar-refractivity contribution < 1.29 is 4.42 Å². The van der Waals surface area contributed by atoms with E-state index in [2.05, 4.69) is 228 Å². The lowest BCUT2D eigenvalue weighted by Gasteiger charge is -2.31. The van der Waals surface area contributed by atoms with Gasteiger partial charge in [-0.15, -0.1) is 0 Å². The molecule has 10 aromatic rings. The summed E-state index contributed by atoms with van der Waals surface area (Å²) < 4.78 is 6.24. The molecule has 3 nitrogen and oxygen atoms in total. The van der Waals surface area contributed by atoms with Gasteiger partial charge in [0.2, 0.25) is 0 Å². The van der Waals surface area contributed by atoms with Gasteiger partial charge in [0.1, 0.15) is 11.2 Å². The molecule has 9 aromatic carbocycles. The summed E-state index contributed by atoms with van der Waals surface area (Å²) in [5.41, 5.74) is 16.0. The van der Waals surface area contributed by atoms with Crippen molar-refractivity contribution in [1.82, 2.24) is 0 Å². The first-order chi connectivity index (χ1) is 30.2. The quantitative estimate of drug-likeness (QED) is 0.161. The van der Waals surface area contributed by atoms with Crippen LogP contribution >= 0.6 is 0 Å². The number of benzene rings is 9. The van der Waals surface area contributed by atoms with Crippen molar-refractivity contribution in [2.45, 2.75) is 12.0 Å². The minimum atomic E-state index is 0.243. The van der Waals surface area contributed by atoms with E-state index >= 15 is 0 Å². The fourth-order valence-electron chi connectivity index (χ4n) is 9.71. The third-order valence-electron chi connectivity index (χ3n) is 12.6. The predicted octanol–water partition coefficient (Wildman–Crippen LogP) is 15.9. The second kappa shape index (κ2) is 14.4. The summed E-state index contributed by atoms with van der Waals surface area (Å²) in [6.45, 7) is 0. The normalized spacial score (nSPS) is 15.4. The van der Waals surface area contributed by atoms with Crippen LogP contribution in [0.3, 0.4) is 0 Å². The van der Waals surface area contributed by atoms with Crippen molar-refractivity contribution in [2.24, 2.45) is 0 Å². The summed E-state index contributed by atoms with van der Waals surface area (Å²) in [6.07, 6.45) is 9.03. The van der Waals surface area contributed by atoms with Gasteiger partial charge in [0.05, 0.1) is 11.7 Å². The maximum Gasteiger partial charge on any atom is 0.135 e. The Kier molecular flexibility index (Phi) is 8.31. The average molecular weight is 781 g/mol. The fraction of sp³-hybridized carbons (Fsp3) is 0.0345. The molecule has 288 valence electrons. The number of hydrogen-bond acceptors (Lipinski definition) is 3. The van der Waals surface area contributed by atoms with Gasteiger partial charge in [0.25, 0.3) is 0 Å². The molecule has 2 aliphatic rings. The third-order valence-corrected chi connectivity index (χ3v) is 12.6. The minimum Gasteiger partial charge on any atom is -0.456 e. The number of para-hydroxylation sites is 3. The van der Waals surface area contributed by atoms with Crippen LogP contribution in [-0.2, 0) is 0 Å². The van der Waals surface area contributed by atoms with E-state index < -0.39 is 0 Å². The van der Waals surface area contributed by atoms with Crippen LogP contribution in [0.5, 0.6) is 0 Å². The van der Waals surface area contributed by atoms with E-state index in [1.54, 1.807) is 0 Å². The predicted molar refractivity (Wildman–Crippen MR) is 256 cm³/mol. The Labute approximate surface area is 355 Å². The van der Waals surface area contributed by atoms with Crippen molar-refractivity contribution in [3.05, 3.63) is 236 Å². The lowest BCUT2D eigenvalue weighted by Crippen LogP contribution is -2.28. The van der Waals surface area contributed by atoms with Crippen molar-refractivity contribution >= 4 is 61.1 Å². The Morgan fingerprint density at radius 3 is 1.89 bits per heavy atom. The number of fused-ring (bicyclic) bond motifs is 7. The zero-order valence-corrected chi connectivity index (χ0v) is 33.4. The lowest BCUT2D eigenvalue weighted by atomic mass is 9.91. The molecule has 61 heavy (non-hydrogen) atoms. The van der Waals surface area contributed by atoms with E-state index in [0.29, 0.717) is 5.92 Å². The molecule has 3 heteroatoms. The molecular formula is C58H40N2O. The largest absolute Gasteiger partial charge is 0.456 e. The molecule has 1 aliphatic heterocycles. The van der Waals surface area contributed by atoms with E-state index in [9.17, 15) is 0 Å². The van der Waals surface area contributed by atoms with Crippen molar-refractivity contribution in [3.63, 3.8) is 0 Å². The number of nitrogens with zero attached hydrogens (tertiary/aromatic N) is 2. The Morgan fingerprint density at radius 2 is 1.03 bits per heavy atom. The summed E-state index contributed by atoms with van der Waals surface area (Å²) in [6, 6.07) is 74.9. The van der Waals surface area contributed by atoms with Gasteiger partial charge in [-0.05, 0) is 111 Å².